The number of hydrogen-bond donors (Lipinski definition) is 0. The molecule has 0 aromatic carbocycles. The van der Waals surface area contributed by atoms with Gasteiger partial charge in [0.25, 0.3) is 0 Å². The van der Waals surface area contributed by atoms with Gasteiger partial charge in [-0.15, -0.1) is 0 Å². The summed E-state index contributed by atoms with van der Waals surface area (Å²) in [5.74, 6) is -0.910. The van der Waals surface area contributed by atoms with Crippen LogP contribution in [0, 0.1) is 0 Å². The molecular weight excluding hydrogens is 781 g/mol. The first-order valence-corrected chi connectivity index (χ1v) is 26.8. The van der Waals surface area contributed by atoms with Crippen molar-refractivity contribution in [2.45, 2.75) is 271 Å². The zero-order valence-corrected chi connectivity index (χ0v) is 41.6. The van der Waals surface area contributed by atoms with Crippen molar-refractivity contribution in [2.75, 3.05) is 13.2 Å². The Bertz CT molecular complexity index is 1150. The molecule has 63 heavy (non-hydrogen) atoms. The van der Waals surface area contributed by atoms with Crippen molar-refractivity contribution in [1.29, 1.82) is 0 Å². The minimum atomic E-state index is -0.787. The number of carbonyl (C=O) groups is 3. The van der Waals surface area contributed by atoms with E-state index >= 15 is 0 Å². The Morgan fingerprint density at radius 3 is 1.02 bits per heavy atom. The molecule has 0 aliphatic rings. The smallest absolute Gasteiger partial charge is 0.306 e. The topological polar surface area (TPSA) is 78.9 Å². The first kappa shape index (κ1) is 60.1. The number of hydrogen-bond acceptors (Lipinski definition) is 6. The highest BCUT2D eigenvalue weighted by atomic mass is 16.6. The predicted octanol–water partition coefficient (Wildman–Crippen LogP) is 17.6. The van der Waals surface area contributed by atoms with E-state index in [0.29, 0.717) is 19.3 Å². The second-order valence-electron chi connectivity index (χ2n) is 17.9. The van der Waals surface area contributed by atoms with Crippen molar-refractivity contribution >= 4 is 17.9 Å². The summed E-state index contributed by atoms with van der Waals surface area (Å²) in [5, 5.41) is 0. The summed E-state index contributed by atoms with van der Waals surface area (Å²) in [4.78, 5) is 38.0. The van der Waals surface area contributed by atoms with Gasteiger partial charge in [0.15, 0.2) is 6.10 Å². The van der Waals surface area contributed by atoms with Gasteiger partial charge in [-0.1, -0.05) is 242 Å². The molecule has 0 fully saturated rings. The lowest BCUT2D eigenvalue weighted by atomic mass is 10.0. The molecule has 0 aliphatic heterocycles. The molecule has 364 valence electrons. The Morgan fingerprint density at radius 1 is 0.333 bits per heavy atom. The Balaban J connectivity index is 4.39. The summed E-state index contributed by atoms with van der Waals surface area (Å²) in [6.07, 6.45) is 63.5. The van der Waals surface area contributed by atoms with Crippen molar-refractivity contribution in [1.82, 2.24) is 0 Å². The number of allylic oxidation sites excluding steroid dienone is 10. The predicted molar refractivity (Wildman–Crippen MR) is 270 cm³/mol. The van der Waals surface area contributed by atoms with Crippen molar-refractivity contribution < 1.29 is 28.6 Å². The molecule has 0 saturated heterocycles. The average Bonchev–Trinajstić information content (AvgIpc) is 3.28. The summed E-state index contributed by atoms with van der Waals surface area (Å²) in [7, 11) is 0. The summed E-state index contributed by atoms with van der Waals surface area (Å²) in [6, 6.07) is 0. The van der Waals surface area contributed by atoms with Crippen molar-refractivity contribution in [2.24, 2.45) is 0 Å². The largest absolute Gasteiger partial charge is 0.462 e. The van der Waals surface area contributed by atoms with Crippen LogP contribution >= 0.6 is 0 Å². The third kappa shape index (κ3) is 50.0. The molecule has 0 aromatic heterocycles. The Labute approximate surface area is 390 Å². The first-order chi connectivity index (χ1) is 31.0. The summed E-state index contributed by atoms with van der Waals surface area (Å²) < 4.78 is 16.8. The molecule has 0 aromatic rings. The van der Waals surface area contributed by atoms with Crippen molar-refractivity contribution in [3.63, 3.8) is 0 Å². The fourth-order valence-electron chi connectivity index (χ4n) is 7.57. The van der Waals surface area contributed by atoms with E-state index in [0.717, 1.165) is 89.9 Å². The standard InChI is InChI=1S/C57H100O6/c1-4-7-10-13-16-19-22-25-27-28-29-31-32-35-38-41-44-47-50-56(59)62-53-54(52-61-55(58)49-46-43-40-37-34-24-21-18-15-12-9-6-3)63-57(60)51-48-45-42-39-36-33-30-26-23-20-17-14-11-8-5-2/h8,11,14,17,20,23,26,29-31,54H,4-7,9-10,12-13,15-16,18-19,21-22,24-25,27-28,32-53H2,1-3H3/b11-8-,17-14-,23-20-,30-26-,31-29-. The number of ether oxygens (including phenoxy) is 3. The van der Waals surface area contributed by atoms with Gasteiger partial charge in [-0.25, -0.2) is 0 Å². The summed E-state index contributed by atoms with van der Waals surface area (Å²) in [6.45, 7) is 6.49. The van der Waals surface area contributed by atoms with E-state index in [1.807, 2.05) is 18.2 Å². The second kappa shape index (κ2) is 51.7. The summed E-state index contributed by atoms with van der Waals surface area (Å²) >= 11 is 0. The number of unbranched alkanes of at least 4 members (excludes halogenated alkanes) is 30. The van der Waals surface area contributed by atoms with Crippen molar-refractivity contribution in [3.05, 3.63) is 60.8 Å². The van der Waals surface area contributed by atoms with Crippen LogP contribution in [0.15, 0.2) is 60.8 Å². The third-order valence-corrected chi connectivity index (χ3v) is 11.6. The van der Waals surface area contributed by atoms with E-state index in [2.05, 4.69) is 63.3 Å². The third-order valence-electron chi connectivity index (χ3n) is 11.6. The van der Waals surface area contributed by atoms with Gasteiger partial charge in [0.2, 0.25) is 0 Å². The van der Waals surface area contributed by atoms with E-state index in [1.54, 1.807) is 0 Å². The molecule has 6 heteroatoms. The van der Waals surface area contributed by atoms with Crippen LogP contribution in [-0.2, 0) is 28.6 Å². The minimum Gasteiger partial charge on any atom is -0.462 e. The minimum absolute atomic E-state index is 0.0847. The highest BCUT2D eigenvalue weighted by Gasteiger charge is 2.19. The van der Waals surface area contributed by atoms with Crippen LogP contribution in [0.5, 0.6) is 0 Å². The molecule has 0 amide bonds. The molecule has 6 nitrogen and oxygen atoms in total. The van der Waals surface area contributed by atoms with Crippen LogP contribution in [0.25, 0.3) is 0 Å². The van der Waals surface area contributed by atoms with E-state index in [9.17, 15) is 14.4 Å². The van der Waals surface area contributed by atoms with E-state index in [-0.39, 0.29) is 31.1 Å². The lowest BCUT2D eigenvalue weighted by molar-refractivity contribution is -0.167. The number of rotatable bonds is 48. The molecule has 0 N–H and O–H groups in total. The lowest BCUT2D eigenvalue weighted by Gasteiger charge is -2.18. The molecule has 0 radical (unpaired) electrons. The SMILES string of the molecule is CC\C=C/C=C\C=C/C=C\CCCCCCCC(=O)OC(COC(=O)CCCCCCC/C=C\CCCCCCCCCCC)COC(=O)CCCCCCCCCCCCCC. The normalized spacial score (nSPS) is 12.5. The van der Waals surface area contributed by atoms with Crippen LogP contribution in [0.2, 0.25) is 0 Å². The van der Waals surface area contributed by atoms with Crippen LogP contribution in [0.3, 0.4) is 0 Å². The zero-order valence-electron chi connectivity index (χ0n) is 41.6. The molecule has 0 bridgehead atoms. The molecule has 0 rings (SSSR count). The van der Waals surface area contributed by atoms with E-state index < -0.39 is 6.10 Å². The van der Waals surface area contributed by atoms with Gasteiger partial charge in [0, 0.05) is 19.3 Å². The lowest BCUT2D eigenvalue weighted by Crippen LogP contribution is -2.30. The fraction of sp³-hybridized carbons (Fsp3) is 0.772. The highest BCUT2D eigenvalue weighted by molar-refractivity contribution is 5.71. The Kier molecular flexibility index (Phi) is 49.4. The Hall–Kier alpha value is -2.89. The van der Waals surface area contributed by atoms with E-state index in [1.165, 1.54) is 135 Å². The van der Waals surface area contributed by atoms with Crippen LogP contribution in [0.4, 0.5) is 0 Å². The summed E-state index contributed by atoms with van der Waals surface area (Å²) in [5.41, 5.74) is 0. The average molecular weight is 881 g/mol. The Morgan fingerprint density at radius 2 is 0.635 bits per heavy atom. The molecular formula is C57H100O6. The van der Waals surface area contributed by atoms with Gasteiger partial charge in [-0.05, 0) is 64.2 Å². The molecule has 1 unspecified atom stereocenters. The van der Waals surface area contributed by atoms with Gasteiger partial charge in [-0.3, -0.25) is 14.4 Å². The monoisotopic (exact) mass is 881 g/mol. The van der Waals surface area contributed by atoms with Gasteiger partial charge in [-0.2, -0.15) is 0 Å². The zero-order chi connectivity index (χ0) is 45.8. The van der Waals surface area contributed by atoms with Crippen LogP contribution < -0.4 is 0 Å². The first-order valence-electron chi connectivity index (χ1n) is 26.8. The maximum Gasteiger partial charge on any atom is 0.306 e. The second-order valence-corrected chi connectivity index (χ2v) is 17.9. The van der Waals surface area contributed by atoms with Gasteiger partial charge in [0.1, 0.15) is 13.2 Å². The van der Waals surface area contributed by atoms with Gasteiger partial charge < -0.3 is 14.2 Å². The quantitative estimate of drug-likeness (QED) is 0.0199. The van der Waals surface area contributed by atoms with Crippen LogP contribution in [0.1, 0.15) is 265 Å². The molecule has 0 spiro atoms. The number of carbonyl (C=O) groups excluding carboxylic acids is 3. The molecule has 0 heterocycles. The molecule has 1 atom stereocenters. The molecule has 0 saturated carbocycles. The molecule has 0 aliphatic carbocycles. The van der Waals surface area contributed by atoms with Gasteiger partial charge >= 0.3 is 17.9 Å². The fourth-order valence-corrected chi connectivity index (χ4v) is 7.57. The maximum absolute atomic E-state index is 12.8. The van der Waals surface area contributed by atoms with E-state index in [4.69, 9.17) is 14.2 Å². The van der Waals surface area contributed by atoms with Crippen molar-refractivity contribution in [3.8, 4) is 0 Å². The van der Waals surface area contributed by atoms with Crippen LogP contribution in [-0.4, -0.2) is 37.2 Å². The van der Waals surface area contributed by atoms with Gasteiger partial charge in [0.05, 0.1) is 0 Å². The number of esters is 3. The maximum atomic E-state index is 12.8. The highest BCUT2D eigenvalue weighted by Crippen LogP contribution is 2.15.